The lowest BCUT2D eigenvalue weighted by Crippen LogP contribution is -2.30. The van der Waals surface area contributed by atoms with Crippen LogP contribution in [0.2, 0.25) is 0 Å². The van der Waals surface area contributed by atoms with Crippen molar-refractivity contribution in [3.8, 4) is 0 Å². The van der Waals surface area contributed by atoms with Gasteiger partial charge in [-0.2, -0.15) is 0 Å². The fraction of sp³-hybridized carbons (Fsp3) is 0.873. The maximum atomic E-state index is 12.8. The molecule has 0 aliphatic carbocycles. The first-order valence-electron chi connectivity index (χ1n) is 26.8. The van der Waals surface area contributed by atoms with Crippen molar-refractivity contribution >= 4 is 17.9 Å². The minimum absolute atomic E-state index is 0.0748. The Morgan fingerprint density at radius 1 is 0.311 bits per heavy atom. The SMILES string of the molecule is CCCCCCCC/C=C\CCCCCCCCCC(=O)OCC(COC(=O)CCCCCCCCCCCCCC)OC(=O)CCCCC/C=C\CCCCCCCCC. The van der Waals surface area contributed by atoms with Gasteiger partial charge >= 0.3 is 17.9 Å². The van der Waals surface area contributed by atoms with Crippen LogP contribution in [-0.2, 0) is 28.6 Å². The highest BCUT2D eigenvalue weighted by Crippen LogP contribution is 2.15. The zero-order valence-corrected chi connectivity index (χ0v) is 40.9. The van der Waals surface area contributed by atoms with Crippen molar-refractivity contribution in [2.45, 2.75) is 297 Å². The second-order valence-corrected chi connectivity index (χ2v) is 18.1. The zero-order valence-electron chi connectivity index (χ0n) is 40.9. The molecule has 6 nitrogen and oxygen atoms in total. The molecule has 0 N–H and O–H groups in total. The average molecular weight is 859 g/mol. The largest absolute Gasteiger partial charge is 0.462 e. The van der Waals surface area contributed by atoms with Crippen molar-refractivity contribution in [2.24, 2.45) is 0 Å². The lowest BCUT2D eigenvalue weighted by Gasteiger charge is -2.18. The third-order valence-corrected chi connectivity index (χ3v) is 11.9. The van der Waals surface area contributed by atoms with E-state index in [1.165, 1.54) is 180 Å². The fourth-order valence-corrected chi connectivity index (χ4v) is 7.84. The summed E-state index contributed by atoms with van der Waals surface area (Å²) in [6.07, 6.45) is 57.3. The molecule has 0 aliphatic rings. The normalized spacial score (nSPS) is 12.1. The number of carbonyl (C=O) groups is 3. The van der Waals surface area contributed by atoms with E-state index in [-0.39, 0.29) is 31.1 Å². The van der Waals surface area contributed by atoms with Gasteiger partial charge in [-0.1, -0.05) is 225 Å². The number of hydrogen-bond acceptors (Lipinski definition) is 6. The first kappa shape index (κ1) is 58.9. The van der Waals surface area contributed by atoms with Crippen molar-refractivity contribution < 1.29 is 28.6 Å². The molecule has 0 saturated carbocycles. The number of esters is 3. The summed E-state index contributed by atoms with van der Waals surface area (Å²) in [6, 6.07) is 0. The van der Waals surface area contributed by atoms with Crippen LogP contribution in [0.25, 0.3) is 0 Å². The first-order valence-corrected chi connectivity index (χ1v) is 26.8. The van der Waals surface area contributed by atoms with E-state index in [1.807, 2.05) is 0 Å². The second-order valence-electron chi connectivity index (χ2n) is 18.1. The highest BCUT2D eigenvalue weighted by Gasteiger charge is 2.19. The van der Waals surface area contributed by atoms with Crippen molar-refractivity contribution in [3.63, 3.8) is 0 Å². The van der Waals surface area contributed by atoms with E-state index in [9.17, 15) is 14.4 Å². The van der Waals surface area contributed by atoms with E-state index < -0.39 is 6.10 Å². The molecule has 0 aromatic heterocycles. The van der Waals surface area contributed by atoms with Crippen LogP contribution in [0.3, 0.4) is 0 Å². The topological polar surface area (TPSA) is 78.9 Å². The summed E-state index contributed by atoms with van der Waals surface area (Å²) < 4.78 is 16.8. The molecule has 1 unspecified atom stereocenters. The maximum absolute atomic E-state index is 12.8. The summed E-state index contributed by atoms with van der Waals surface area (Å²) in [7, 11) is 0. The van der Waals surface area contributed by atoms with Crippen molar-refractivity contribution in [2.75, 3.05) is 13.2 Å². The van der Waals surface area contributed by atoms with E-state index in [0.717, 1.165) is 70.6 Å². The van der Waals surface area contributed by atoms with E-state index >= 15 is 0 Å². The highest BCUT2D eigenvalue weighted by atomic mass is 16.6. The van der Waals surface area contributed by atoms with Crippen LogP contribution >= 0.6 is 0 Å². The molecule has 0 heterocycles. The van der Waals surface area contributed by atoms with Crippen LogP contribution in [0.1, 0.15) is 290 Å². The standard InChI is InChI=1S/C55H102O6/c1-4-7-10-13-16-19-22-25-27-28-29-31-33-36-39-42-45-48-54(57)60-51-52(50-59-53(56)47-44-41-38-35-32-24-21-18-15-12-9-6-3)61-55(58)49-46-43-40-37-34-30-26-23-20-17-14-11-8-5-2/h25,27,30,34,52H,4-24,26,28-29,31-33,35-51H2,1-3H3/b27-25-,34-30-. The summed E-state index contributed by atoms with van der Waals surface area (Å²) >= 11 is 0. The van der Waals surface area contributed by atoms with Gasteiger partial charge in [0.1, 0.15) is 13.2 Å². The summed E-state index contributed by atoms with van der Waals surface area (Å²) in [5, 5.41) is 0. The molecular formula is C55H102O6. The summed E-state index contributed by atoms with van der Waals surface area (Å²) in [6.45, 7) is 6.64. The molecule has 0 aliphatic heterocycles. The molecule has 0 spiro atoms. The van der Waals surface area contributed by atoms with Crippen LogP contribution in [-0.4, -0.2) is 37.2 Å². The van der Waals surface area contributed by atoms with Gasteiger partial charge in [0.05, 0.1) is 0 Å². The Labute approximate surface area is 379 Å². The molecule has 1 atom stereocenters. The average Bonchev–Trinajstić information content (AvgIpc) is 3.26. The first-order chi connectivity index (χ1) is 30.0. The summed E-state index contributed by atoms with van der Waals surface area (Å²) in [5.41, 5.74) is 0. The third kappa shape index (κ3) is 48.8. The van der Waals surface area contributed by atoms with E-state index in [2.05, 4.69) is 45.1 Å². The molecule has 0 saturated heterocycles. The molecule has 358 valence electrons. The van der Waals surface area contributed by atoms with Crippen LogP contribution < -0.4 is 0 Å². The lowest BCUT2D eigenvalue weighted by molar-refractivity contribution is -0.167. The summed E-state index contributed by atoms with van der Waals surface area (Å²) in [5.74, 6) is -0.882. The van der Waals surface area contributed by atoms with Gasteiger partial charge in [-0.05, 0) is 70.6 Å². The molecule has 0 bridgehead atoms. The van der Waals surface area contributed by atoms with Gasteiger partial charge in [0.2, 0.25) is 0 Å². The van der Waals surface area contributed by atoms with Gasteiger partial charge < -0.3 is 14.2 Å². The van der Waals surface area contributed by atoms with E-state index in [1.54, 1.807) is 0 Å². The monoisotopic (exact) mass is 859 g/mol. The highest BCUT2D eigenvalue weighted by molar-refractivity contribution is 5.71. The number of carbonyl (C=O) groups excluding carboxylic acids is 3. The predicted molar refractivity (Wildman–Crippen MR) is 261 cm³/mol. The Bertz CT molecular complexity index is 989. The smallest absolute Gasteiger partial charge is 0.306 e. The van der Waals surface area contributed by atoms with Crippen LogP contribution in [0.4, 0.5) is 0 Å². The van der Waals surface area contributed by atoms with Crippen LogP contribution in [0, 0.1) is 0 Å². The Balaban J connectivity index is 4.35. The molecule has 0 aromatic carbocycles. The Hall–Kier alpha value is -2.11. The Kier molecular flexibility index (Phi) is 48.8. The van der Waals surface area contributed by atoms with Crippen LogP contribution in [0.5, 0.6) is 0 Å². The van der Waals surface area contributed by atoms with E-state index in [0.29, 0.717) is 19.3 Å². The van der Waals surface area contributed by atoms with Gasteiger partial charge in [-0.25, -0.2) is 0 Å². The third-order valence-electron chi connectivity index (χ3n) is 11.9. The number of unbranched alkanes of at least 4 members (excludes halogenated alkanes) is 34. The maximum Gasteiger partial charge on any atom is 0.306 e. The molecule has 0 rings (SSSR count). The van der Waals surface area contributed by atoms with E-state index in [4.69, 9.17) is 14.2 Å². The molecule has 0 fully saturated rings. The van der Waals surface area contributed by atoms with Crippen molar-refractivity contribution in [3.05, 3.63) is 24.3 Å². The minimum atomic E-state index is -0.776. The number of ether oxygens (including phenoxy) is 3. The van der Waals surface area contributed by atoms with Crippen molar-refractivity contribution in [1.82, 2.24) is 0 Å². The van der Waals surface area contributed by atoms with Crippen molar-refractivity contribution in [1.29, 1.82) is 0 Å². The predicted octanol–water partition coefficient (Wildman–Crippen LogP) is 17.5. The molecular weight excluding hydrogens is 757 g/mol. The molecule has 0 radical (unpaired) electrons. The fourth-order valence-electron chi connectivity index (χ4n) is 7.84. The van der Waals surface area contributed by atoms with Gasteiger partial charge in [0.25, 0.3) is 0 Å². The lowest BCUT2D eigenvalue weighted by atomic mass is 10.0. The number of hydrogen-bond donors (Lipinski definition) is 0. The molecule has 6 heteroatoms. The molecule has 0 aromatic rings. The zero-order chi connectivity index (χ0) is 44.4. The quantitative estimate of drug-likeness (QED) is 0.0262. The summed E-state index contributed by atoms with van der Waals surface area (Å²) in [4.78, 5) is 38.0. The van der Waals surface area contributed by atoms with Crippen LogP contribution in [0.15, 0.2) is 24.3 Å². The van der Waals surface area contributed by atoms with Gasteiger partial charge in [0, 0.05) is 19.3 Å². The number of rotatable bonds is 49. The van der Waals surface area contributed by atoms with Gasteiger partial charge in [-0.3, -0.25) is 14.4 Å². The second kappa shape index (κ2) is 50.5. The minimum Gasteiger partial charge on any atom is -0.462 e. The Morgan fingerprint density at radius 3 is 0.836 bits per heavy atom. The molecule has 0 amide bonds. The molecule has 61 heavy (non-hydrogen) atoms. The van der Waals surface area contributed by atoms with Gasteiger partial charge in [-0.15, -0.1) is 0 Å². The Morgan fingerprint density at radius 2 is 0.541 bits per heavy atom. The van der Waals surface area contributed by atoms with Gasteiger partial charge in [0.15, 0.2) is 6.10 Å². The number of allylic oxidation sites excluding steroid dienone is 4.